The fourth-order valence-electron chi connectivity index (χ4n) is 1.85. The second kappa shape index (κ2) is 4.61. The lowest BCUT2D eigenvalue weighted by atomic mass is 10.0. The molecule has 0 amide bonds. The smallest absolute Gasteiger partial charge is 0.131 e. The Hall–Kier alpha value is -1.42. The minimum Gasteiger partial charge on any atom is -0.496 e. The largest absolute Gasteiger partial charge is 0.496 e. The van der Waals surface area contributed by atoms with E-state index in [1.165, 1.54) is 18.2 Å². The molecule has 1 heterocycles. The molecule has 0 bridgehead atoms. The molecule has 2 rings (SSSR count). The average Bonchev–Trinajstić information content (AvgIpc) is 2.77. The molecule has 0 fully saturated rings. The number of ether oxygens (including phenoxy) is 1. The van der Waals surface area contributed by atoms with E-state index >= 15 is 0 Å². The van der Waals surface area contributed by atoms with Gasteiger partial charge in [0, 0.05) is 12.0 Å². The summed E-state index contributed by atoms with van der Waals surface area (Å²) in [4.78, 5) is 0. The quantitative estimate of drug-likeness (QED) is 0.853. The van der Waals surface area contributed by atoms with E-state index in [9.17, 15) is 8.78 Å². The van der Waals surface area contributed by atoms with Crippen molar-refractivity contribution in [2.45, 2.75) is 12.5 Å². The Morgan fingerprint density at radius 1 is 1.31 bits per heavy atom. The van der Waals surface area contributed by atoms with E-state index in [1.807, 2.05) is 6.08 Å². The molecule has 1 unspecified atom stereocenters. The molecule has 2 nitrogen and oxygen atoms in total. The minimum atomic E-state index is -0.559. The van der Waals surface area contributed by atoms with Crippen LogP contribution in [-0.2, 0) is 4.74 Å². The predicted molar refractivity (Wildman–Crippen MR) is 56.8 cm³/mol. The fourth-order valence-corrected chi connectivity index (χ4v) is 1.85. The molecule has 0 radical (unpaired) electrons. The normalized spacial score (nSPS) is 16.8. The van der Waals surface area contributed by atoms with Gasteiger partial charge in [0.2, 0.25) is 0 Å². The molecule has 0 spiro atoms. The third-order valence-corrected chi connectivity index (χ3v) is 2.59. The van der Waals surface area contributed by atoms with Crippen molar-refractivity contribution in [3.63, 3.8) is 0 Å². The van der Waals surface area contributed by atoms with Crippen LogP contribution in [0.15, 0.2) is 30.0 Å². The molecule has 1 aliphatic rings. The van der Waals surface area contributed by atoms with Gasteiger partial charge in [-0.25, -0.2) is 8.78 Å². The Morgan fingerprint density at radius 3 is 2.50 bits per heavy atom. The zero-order chi connectivity index (χ0) is 11.5. The summed E-state index contributed by atoms with van der Waals surface area (Å²) in [6.45, 7) is 0.573. The number of hydrogen-bond acceptors (Lipinski definition) is 2. The summed E-state index contributed by atoms with van der Waals surface area (Å²) < 4.78 is 32.5. The Kier molecular flexibility index (Phi) is 3.19. The van der Waals surface area contributed by atoms with Gasteiger partial charge in [-0.3, -0.25) is 0 Å². The van der Waals surface area contributed by atoms with E-state index in [2.05, 4.69) is 5.32 Å². The molecular weight excluding hydrogens is 212 g/mol. The van der Waals surface area contributed by atoms with E-state index in [1.54, 1.807) is 7.05 Å². The van der Waals surface area contributed by atoms with Crippen LogP contribution in [0.25, 0.3) is 0 Å². The highest BCUT2D eigenvalue weighted by molar-refractivity contribution is 5.29. The standard InChI is InChI=1S/C12H13F2NO/c1-15-12(10-6-3-7-16-10)11-8(13)4-2-5-9(11)14/h2,4-6,12,15H,3,7H2,1H3. The first-order valence-electron chi connectivity index (χ1n) is 5.18. The van der Waals surface area contributed by atoms with Crippen LogP contribution in [0.2, 0.25) is 0 Å². The van der Waals surface area contributed by atoms with Crippen LogP contribution in [0, 0.1) is 11.6 Å². The summed E-state index contributed by atoms with van der Waals surface area (Å²) in [6.07, 6.45) is 2.64. The van der Waals surface area contributed by atoms with Crippen molar-refractivity contribution < 1.29 is 13.5 Å². The third kappa shape index (κ3) is 1.93. The van der Waals surface area contributed by atoms with Gasteiger partial charge in [0.1, 0.15) is 17.4 Å². The van der Waals surface area contributed by atoms with Gasteiger partial charge in [0.15, 0.2) is 0 Å². The first-order valence-corrected chi connectivity index (χ1v) is 5.18. The molecule has 1 N–H and O–H groups in total. The molecule has 16 heavy (non-hydrogen) atoms. The van der Waals surface area contributed by atoms with Gasteiger partial charge >= 0.3 is 0 Å². The van der Waals surface area contributed by atoms with Crippen molar-refractivity contribution in [3.8, 4) is 0 Å². The molecule has 1 aromatic rings. The van der Waals surface area contributed by atoms with Crippen LogP contribution in [0.4, 0.5) is 8.78 Å². The number of halogens is 2. The molecule has 0 aromatic heterocycles. The van der Waals surface area contributed by atoms with Crippen molar-refractivity contribution >= 4 is 0 Å². The molecule has 0 aliphatic carbocycles. The lowest BCUT2D eigenvalue weighted by Crippen LogP contribution is -2.21. The second-order valence-corrected chi connectivity index (χ2v) is 3.60. The number of nitrogens with one attached hydrogen (secondary N) is 1. The lowest BCUT2D eigenvalue weighted by Gasteiger charge is -2.19. The van der Waals surface area contributed by atoms with Gasteiger partial charge in [0.25, 0.3) is 0 Å². The fraction of sp³-hybridized carbons (Fsp3) is 0.333. The van der Waals surface area contributed by atoms with E-state index in [0.29, 0.717) is 12.4 Å². The van der Waals surface area contributed by atoms with E-state index in [-0.39, 0.29) is 5.56 Å². The van der Waals surface area contributed by atoms with Crippen molar-refractivity contribution in [2.24, 2.45) is 0 Å². The first-order chi connectivity index (χ1) is 7.74. The van der Waals surface area contributed by atoms with Crippen LogP contribution >= 0.6 is 0 Å². The van der Waals surface area contributed by atoms with E-state index in [4.69, 9.17) is 4.74 Å². The van der Waals surface area contributed by atoms with Crippen LogP contribution < -0.4 is 5.32 Å². The Balaban J connectivity index is 2.40. The minimum absolute atomic E-state index is 0.0122. The van der Waals surface area contributed by atoms with Gasteiger partial charge in [-0.1, -0.05) is 6.07 Å². The van der Waals surface area contributed by atoms with Crippen LogP contribution in [0.5, 0.6) is 0 Å². The second-order valence-electron chi connectivity index (χ2n) is 3.60. The third-order valence-electron chi connectivity index (χ3n) is 2.59. The van der Waals surface area contributed by atoms with E-state index < -0.39 is 17.7 Å². The number of benzene rings is 1. The Bertz CT molecular complexity index is 397. The molecule has 1 aliphatic heterocycles. The van der Waals surface area contributed by atoms with Crippen molar-refractivity contribution in [1.82, 2.24) is 5.32 Å². The maximum atomic E-state index is 13.6. The van der Waals surface area contributed by atoms with Crippen LogP contribution in [0.1, 0.15) is 18.0 Å². The Morgan fingerprint density at radius 2 is 2.00 bits per heavy atom. The maximum Gasteiger partial charge on any atom is 0.131 e. The highest BCUT2D eigenvalue weighted by Crippen LogP contribution is 2.29. The zero-order valence-electron chi connectivity index (χ0n) is 8.97. The zero-order valence-corrected chi connectivity index (χ0v) is 8.97. The molecule has 4 heteroatoms. The maximum absolute atomic E-state index is 13.6. The summed E-state index contributed by atoms with van der Waals surface area (Å²) in [7, 11) is 1.65. The predicted octanol–water partition coefficient (Wildman–Crippen LogP) is 2.53. The molecule has 1 aromatic carbocycles. The van der Waals surface area contributed by atoms with Crippen molar-refractivity contribution in [1.29, 1.82) is 0 Å². The van der Waals surface area contributed by atoms with Gasteiger partial charge in [-0.2, -0.15) is 0 Å². The van der Waals surface area contributed by atoms with Gasteiger partial charge < -0.3 is 10.1 Å². The first kappa shape index (κ1) is 11.1. The molecular formula is C12H13F2NO. The average molecular weight is 225 g/mol. The summed E-state index contributed by atoms with van der Waals surface area (Å²) in [5.74, 6) is -0.530. The SMILES string of the molecule is CNC(C1=CCCO1)c1c(F)cccc1F. The molecule has 1 atom stereocenters. The van der Waals surface area contributed by atoms with Gasteiger partial charge in [-0.15, -0.1) is 0 Å². The van der Waals surface area contributed by atoms with Crippen molar-refractivity contribution in [2.75, 3.05) is 13.7 Å². The lowest BCUT2D eigenvalue weighted by molar-refractivity contribution is 0.215. The number of likely N-dealkylation sites (N-methyl/N-ethyl adjacent to an activating group) is 1. The van der Waals surface area contributed by atoms with Crippen LogP contribution in [0.3, 0.4) is 0 Å². The number of rotatable bonds is 3. The van der Waals surface area contributed by atoms with Crippen LogP contribution in [-0.4, -0.2) is 13.7 Å². The molecule has 0 saturated heterocycles. The highest BCUT2D eigenvalue weighted by atomic mass is 19.1. The van der Waals surface area contributed by atoms with Crippen molar-refractivity contribution in [3.05, 3.63) is 47.2 Å². The van der Waals surface area contributed by atoms with E-state index in [0.717, 1.165) is 6.42 Å². The topological polar surface area (TPSA) is 21.3 Å². The van der Waals surface area contributed by atoms with Gasteiger partial charge in [0.05, 0.1) is 12.6 Å². The monoisotopic (exact) mass is 225 g/mol. The Labute approximate surface area is 92.9 Å². The molecule has 0 saturated carbocycles. The highest BCUT2D eigenvalue weighted by Gasteiger charge is 2.25. The summed E-state index contributed by atoms with van der Waals surface area (Å²) in [6, 6.07) is 3.30. The summed E-state index contributed by atoms with van der Waals surface area (Å²) in [5, 5.41) is 2.87. The summed E-state index contributed by atoms with van der Waals surface area (Å²) in [5.41, 5.74) is 0.0122. The molecule has 86 valence electrons. The number of hydrogen-bond donors (Lipinski definition) is 1. The summed E-state index contributed by atoms with van der Waals surface area (Å²) >= 11 is 0. The van der Waals surface area contributed by atoms with Gasteiger partial charge in [-0.05, 0) is 25.3 Å².